The predicted octanol–water partition coefficient (Wildman–Crippen LogP) is 3.13. The lowest BCUT2D eigenvalue weighted by Gasteiger charge is -2.43. The van der Waals surface area contributed by atoms with Crippen LogP contribution >= 0.6 is 0 Å². The van der Waals surface area contributed by atoms with E-state index in [0.29, 0.717) is 22.9 Å². The summed E-state index contributed by atoms with van der Waals surface area (Å²) in [6.07, 6.45) is 4.32. The van der Waals surface area contributed by atoms with Crippen LogP contribution in [0.25, 0.3) is 0 Å². The fourth-order valence-electron chi connectivity index (χ4n) is 4.45. The number of fused-ring (bicyclic) bond motifs is 2. The van der Waals surface area contributed by atoms with E-state index >= 15 is 0 Å². The van der Waals surface area contributed by atoms with E-state index in [1.165, 1.54) is 19.3 Å². The van der Waals surface area contributed by atoms with Gasteiger partial charge in [-0.1, -0.05) is 20.8 Å². The molecule has 0 aromatic rings. The summed E-state index contributed by atoms with van der Waals surface area (Å²) in [7, 11) is 2.22. The van der Waals surface area contributed by atoms with Crippen molar-refractivity contribution < 1.29 is 0 Å². The van der Waals surface area contributed by atoms with Gasteiger partial charge in [-0.25, -0.2) is 0 Å². The van der Waals surface area contributed by atoms with E-state index in [1.54, 1.807) is 0 Å². The molecule has 0 amide bonds. The average molecular weight is 252 g/mol. The molecule has 2 saturated carbocycles. The Kier molecular flexibility index (Phi) is 3.81. The Bertz CT molecular complexity index is 293. The number of hydrogen-bond acceptors (Lipinski definition) is 2. The fraction of sp³-hybridized carbons (Fsp3) is 1.00. The lowest BCUT2D eigenvalue weighted by atomic mass is 9.68. The zero-order chi connectivity index (χ0) is 13.6. The molecule has 2 fully saturated rings. The molecule has 0 aromatic heterocycles. The van der Waals surface area contributed by atoms with Crippen LogP contribution in [0.4, 0.5) is 0 Å². The van der Waals surface area contributed by atoms with Crippen LogP contribution in [0.15, 0.2) is 0 Å². The van der Waals surface area contributed by atoms with Gasteiger partial charge in [0.05, 0.1) is 0 Å². The number of nitrogens with one attached hydrogen (secondary N) is 1. The lowest BCUT2D eigenvalue weighted by molar-refractivity contribution is 0.106. The van der Waals surface area contributed by atoms with Crippen LogP contribution in [0.2, 0.25) is 0 Å². The highest BCUT2D eigenvalue weighted by molar-refractivity contribution is 5.11. The summed E-state index contributed by atoms with van der Waals surface area (Å²) in [4.78, 5) is 2.43. The Morgan fingerprint density at radius 2 is 1.94 bits per heavy atom. The summed E-state index contributed by atoms with van der Waals surface area (Å²) in [6.45, 7) is 14.3. The maximum atomic E-state index is 3.89. The first-order chi connectivity index (χ1) is 8.27. The van der Waals surface area contributed by atoms with E-state index in [-0.39, 0.29) is 0 Å². The van der Waals surface area contributed by atoms with E-state index in [0.717, 1.165) is 19.0 Å². The molecule has 3 atom stereocenters. The van der Waals surface area contributed by atoms with Crippen molar-refractivity contribution in [1.29, 1.82) is 0 Å². The van der Waals surface area contributed by atoms with Gasteiger partial charge in [-0.2, -0.15) is 0 Å². The summed E-state index contributed by atoms with van der Waals surface area (Å²) in [5.74, 6) is 0.947. The monoisotopic (exact) mass is 252 g/mol. The molecule has 106 valence electrons. The second kappa shape index (κ2) is 4.79. The van der Waals surface area contributed by atoms with Gasteiger partial charge in [-0.15, -0.1) is 0 Å². The number of hydrogen-bond donors (Lipinski definition) is 1. The Morgan fingerprint density at radius 1 is 1.28 bits per heavy atom. The van der Waals surface area contributed by atoms with Gasteiger partial charge >= 0.3 is 0 Å². The second-order valence-electron chi connectivity index (χ2n) is 7.88. The minimum Gasteiger partial charge on any atom is -0.312 e. The highest BCUT2D eigenvalue weighted by Gasteiger charge is 2.58. The molecule has 1 unspecified atom stereocenters. The zero-order valence-electron chi connectivity index (χ0n) is 13.2. The van der Waals surface area contributed by atoms with Crippen LogP contribution in [-0.4, -0.2) is 37.1 Å². The third-order valence-corrected chi connectivity index (χ3v) is 5.96. The normalized spacial score (nSPS) is 38.0. The molecule has 0 radical (unpaired) electrons. The minimum atomic E-state index is 0.489. The summed E-state index contributed by atoms with van der Waals surface area (Å²) in [6, 6.07) is 1.36. The summed E-state index contributed by atoms with van der Waals surface area (Å²) < 4.78 is 0. The molecule has 0 spiro atoms. The van der Waals surface area contributed by atoms with Crippen LogP contribution in [-0.2, 0) is 0 Å². The van der Waals surface area contributed by atoms with Crippen molar-refractivity contribution in [1.82, 2.24) is 10.2 Å². The first kappa shape index (κ1) is 14.3. The molecule has 2 heteroatoms. The van der Waals surface area contributed by atoms with Crippen molar-refractivity contribution in [3.63, 3.8) is 0 Å². The van der Waals surface area contributed by atoms with Gasteiger partial charge in [-0.05, 0) is 56.9 Å². The molecule has 0 aliphatic heterocycles. The lowest BCUT2D eigenvalue weighted by Crippen LogP contribution is -2.52. The second-order valence-corrected chi connectivity index (χ2v) is 7.88. The van der Waals surface area contributed by atoms with Gasteiger partial charge < -0.3 is 10.2 Å². The van der Waals surface area contributed by atoms with Gasteiger partial charge in [0.2, 0.25) is 0 Å². The van der Waals surface area contributed by atoms with E-state index in [2.05, 4.69) is 51.9 Å². The van der Waals surface area contributed by atoms with Gasteiger partial charge in [0.25, 0.3) is 0 Å². The molecule has 0 heterocycles. The molecule has 0 aromatic carbocycles. The number of likely N-dealkylation sites (N-methyl/N-ethyl adjacent to an activating group) is 1. The third kappa shape index (κ3) is 2.34. The van der Waals surface area contributed by atoms with E-state index in [1.807, 2.05) is 0 Å². The van der Waals surface area contributed by atoms with Crippen molar-refractivity contribution in [3.05, 3.63) is 0 Å². The van der Waals surface area contributed by atoms with Crippen molar-refractivity contribution in [2.75, 3.05) is 20.1 Å². The first-order valence-corrected chi connectivity index (χ1v) is 7.71. The Labute approximate surface area is 114 Å². The number of rotatable bonds is 5. The van der Waals surface area contributed by atoms with E-state index in [4.69, 9.17) is 0 Å². The fourth-order valence-corrected chi connectivity index (χ4v) is 4.45. The van der Waals surface area contributed by atoms with Crippen molar-refractivity contribution in [2.45, 2.75) is 66.0 Å². The molecular weight excluding hydrogens is 220 g/mol. The standard InChI is InChI=1S/C16H32N2/c1-12(2)18(6)10-9-17-14-15(3,4)13-7-8-16(14,5)11-13/h12-14,17H,7-11H2,1-6H3/t13-,14?,16+/m0/s1. The topological polar surface area (TPSA) is 15.3 Å². The quantitative estimate of drug-likeness (QED) is 0.809. The predicted molar refractivity (Wildman–Crippen MR) is 78.8 cm³/mol. The van der Waals surface area contributed by atoms with Gasteiger partial charge in [-0.3, -0.25) is 0 Å². The molecule has 2 nitrogen and oxygen atoms in total. The van der Waals surface area contributed by atoms with Gasteiger partial charge in [0, 0.05) is 25.2 Å². The first-order valence-electron chi connectivity index (χ1n) is 7.71. The molecule has 2 aliphatic carbocycles. The summed E-state index contributed by atoms with van der Waals surface area (Å²) >= 11 is 0. The third-order valence-electron chi connectivity index (χ3n) is 5.96. The molecular formula is C16H32N2. The number of nitrogens with zero attached hydrogens (tertiary/aromatic N) is 1. The maximum absolute atomic E-state index is 3.89. The van der Waals surface area contributed by atoms with Crippen LogP contribution < -0.4 is 5.32 Å². The summed E-state index contributed by atoms with van der Waals surface area (Å²) in [5, 5.41) is 3.89. The van der Waals surface area contributed by atoms with Crippen LogP contribution in [0, 0.1) is 16.7 Å². The largest absolute Gasteiger partial charge is 0.312 e. The molecule has 2 aliphatic rings. The Hall–Kier alpha value is -0.0800. The highest BCUT2D eigenvalue weighted by atomic mass is 15.1. The zero-order valence-corrected chi connectivity index (χ0v) is 13.2. The molecule has 18 heavy (non-hydrogen) atoms. The van der Waals surface area contributed by atoms with E-state index in [9.17, 15) is 0 Å². The Balaban J connectivity index is 1.89. The van der Waals surface area contributed by atoms with Crippen LogP contribution in [0.1, 0.15) is 53.9 Å². The van der Waals surface area contributed by atoms with Crippen LogP contribution in [0.5, 0.6) is 0 Å². The SMILES string of the molecule is CC(C)N(C)CCNC1C(C)(C)[C@H]2CC[C@]1(C)C2. The maximum Gasteiger partial charge on any atom is 0.0175 e. The minimum absolute atomic E-state index is 0.489. The van der Waals surface area contributed by atoms with Crippen molar-refractivity contribution in [2.24, 2.45) is 16.7 Å². The van der Waals surface area contributed by atoms with Gasteiger partial charge in [0.15, 0.2) is 0 Å². The van der Waals surface area contributed by atoms with Crippen LogP contribution in [0.3, 0.4) is 0 Å². The summed E-state index contributed by atoms with van der Waals surface area (Å²) in [5.41, 5.74) is 1.05. The highest BCUT2D eigenvalue weighted by Crippen LogP contribution is 2.62. The molecule has 1 N–H and O–H groups in total. The Morgan fingerprint density at radius 3 is 2.44 bits per heavy atom. The molecule has 0 saturated heterocycles. The van der Waals surface area contributed by atoms with Crippen molar-refractivity contribution in [3.8, 4) is 0 Å². The average Bonchev–Trinajstić information content (AvgIpc) is 2.73. The van der Waals surface area contributed by atoms with Gasteiger partial charge in [0.1, 0.15) is 0 Å². The smallest absolute Gasteiger partial charge is 0.0175 e. The molecule has 2 bridgehead atoms. The van der Waals surface area contributed by atoms with E-state index < -0.39 is 0 Å². The molecule has 2 rings (SSSR count). The van der Waals surface area contributed by atoms with Crippen molar-refractivity contribution >= 4 is 0 Å².